The summed E-state index contributed by atoms with van der Waals surface area (Å²) in [6.07, 6.45) is 4.14. The Labute approximate surface area is 68.6 Å². The van der Waals surface area contributed by atoms with Crippen LogP contribution in [0.2, 0.25) is 0 Å². The van der Waals surface area contributed by atoms with Crippen molar-refractivity contribution in [2.24, 2.45) is 5.92 Å². The highest BCUT2D eigenvalue weighted by molar-refractivity contribution is 4.91. The molecule has 0 amide bonds. The average molecular weight is 158 g/mol. The molecule has 0 bridgehead atoms. The van der Waals surface area contributed by atoms with Gasteiger partial charge in [0.2, 0.25) is 0 Å². The molecule has 0 spiro atoms. The van der Waals surface area contributed by atoms with Gasteiger partial charge < -0.3 is 9.84 Å². The summed E-state index contributed by atoms with van der Waals surface area (Å²) in [5.41, 5.74) is -0.349. The highest BCUT2D eigenvalue weighted by Crippen LogP contribution is 2.39. The molecule has 66 valence electrons. The maximum atomic E-state index is 9.85. The zero-order valence-corrected chi connectivity index (χ0v) is 7.47. The number of aliphatic hydroxyl groups is 1. The molecule has 11 heavy (non-hydrogen) atoms. The normalized spacial score (nSPS) is 24.3. The van der Waals surface area contributed by atoms with Crippen LogP contribution in [-0.2, 0) is 4.74 Å². The van der Waals surface area contributed by atoms with E-state index in [1.165, 1.54) is 6.42 Å². The molecule has 2 nitrogen and oxygen atoms in total. The molecule has 0 aromatic rings. The summed E-state index contributed by atoms with van der Waals surface area (Å²) in [4.78, 5) is 0. The molecule has 1 N–H and O–H groups in total. The van der Waals surface area contributed by atoms with Gasteiger partial charge in [0, 0.05) is 13.7 Å². The Morgan fingerprint density at radius 2 is 2.18 bits per heavy atom. The highest BCUT2D eigenvalue weighted by Gasteiger charge is 2.39. The third kappa shape index (κ3) is 1.94. The van der Waals surface area contributed by atoms with E-state index in [2.05, 4.69) is 6.92 Å². The Balaban J connectivity index is 2.22. The summed E-state index contributed by atoms with van der Waals surface area (Å²) >= 11 is 0. The van der Waals surface area contributed by atoms with E-state index in [0.29, 0.717) is 5.92 Å². The SMILES string of the molecule is COCCC(C)C1(O)CCC1. The minimum absolute atomic E-state index is 0.349. The quantitative estimate of drug-likeness (QED) is 0.673. The van der Waals surface area contributed by atoms with E-state index in [-0.39, 0.29) is 5.60 Å². The monoisotopic (exact) mass is 158 g/mol. The minimum atomic E-state index is -0.349. The molecule has 0 heterocycles. The molecule has 1 atom stereocenters. The van der Waals surface area contributed by atoms with Crippen LogP contribution in [0.5, 0.6) is 0 Å². The van der Waals surface area contributed by atoms with Crippen LogP contribution in [0.25, 0.3) is 0 Å². The minimum Gasteiger partial charge on any atom is -0.390 e. The Bertz CT molecular complexity index is 119. The van der Waals surface area contributed by atoms with E-state index in [9.17, 15) is 5.11 Å². The van der Waals surface area contributed by atoms with Crippen LogP contribution < -0.4 is 0 Å². The number of methoxy groups -OCH3 is 1. The van der Waals surface area contributed by atoms with E-state index >= 15 is 0 Å². The van der Waals surface area contributed by atoms with Gasteiger partial charge in [0.1, 0.15) is 0 Å². The van der Waals surface area contributed by atoms with E-state index in [0.717, 1.165) is 25.9 Å². The predicted octanol–water partition coefficient (Wildman–Crippen LogP) is 1.57. The Morgan fingerprint density at radius 3 is 2.55 bits per heavy atom. The van der Waals surface area contributed by atoms with Crippen molar-refractivity contribution in [3.8, 4) is 0 Å². The fourth-order valence-corrected chi connectivity index (χ4v) is 1.60. The molecular weight excluding hydrogens is 140 g/mol. The lowest BCUT2D eigenvalue weighted by molar-refractivity contribution is -0.0843. The largest absolute Gasteiger partial charge is 0.390 e. The van der Waals surface area contributed by atoms with Crippen molar-refractivity contribution in [2.75, 3.05) is 13.7 Å². The second-order valence-electron chi connectivity index (χ2n) is 3.64. The van der Waals surface area contributed by atoms with Crippen LogP contribution in [0.15, 0.2) is 0 Å². The maximum Gasteiger partial charge on any atom is 0.0674 e. The van der Waals surface area contributed by atoms with Gasteiger partial charge in [-0.25, -0.2) is 0 Å². The summed E-state index contributed by atoms with van der Waals surface area (Å²) in [6.45, 7) is 2.88. The van der Waals surface area contributed by atoms with Crippen LogP contribution >= 0.6 is 0 Å². The first-order valence-electron chi connectivity index (χ1n) is 4.40. The topological polar surface area (TPSA) is 29.5 Å². The van der Waals surface area contributed by atoms with E-state index in [1.807, 2.05) is 0 Å². The number of hydrogen-bond acceptors (Lipinski definition) is 2. The molecule has 0 saturated heterocycles. The summed E-state index contributed by atoms with van der Waals surface area (Å²) in [5.74, 6) is 0.399. The van der Waals surface area contributed by atoms with Gasteiger partial charge in [-0.2, -0.15) is 0 Å². The first-order valence-corrected chi connectivity index (χ1v) is 4.40. The van der Waals surface area contributed by atoms with Gasteiger partial charge in [-0.15, -0.1) is 0 Å². The molecule has 2 heteroatoms. The molecule has 0 aromatic heterocycles. The predicted molar refractivity (Wildman–Crippen MR) is 44.5 cm³/mol. The van der Waals surface area contributed by atoms with Gasteiger partial charge in [-0.05, 0) is 31.6 Å². The number of rotatable bonds is 4. The zero-order chi connectivity index (χ0) is 8.32. The highest BCUT2D eigenvalue weighted by atomic mass is 16.5. The van der Waals surface area contributed by atoms with Crippen molar-refractivity contribution in [1.29, 1.82) is 0 Å². The van der Waals surface area contributed by atoms with Crippen LogP contribution in [0.4, 0.5) is 0 Å². The third-order valence-corrected chi connectivity index (χ3v) is 2.89. The second kappa shape index (κ2) is 3.55. The van der Waals surface area contributed by atoms with Crippen molar-refractivity contribution in [2.45, 2.75) is 38.2 Å². The molecule has 1 unspecified atom stereocenters. The van der Waals surface area contributed by atoms with Crippen LogP contribution in [0.1, 0.15) is 32.6 Å². The molecule has 1 fully saturated rings. The molecule has 0 aromatic carbocycles. The smallest absolute Gasteiger partial charge is 0.0674 e. The lowest BCUT2D eigenvalue weighted by Crippen LogP contribution is -2.43. The molecule has 1 rings (SSSR count). The van der Waals surface area contributed by atoms with Crippen molar-refractivity contribution in [1.82, 2.24) is 0 Å². The van der Waals surface area contributed by atoms with Crippen LogP contribution in [0.3, 0.4) is 0 Å². The van der Waals surface area contributed by atoms with Crippen molar-refractivity contribution in [3.05, 3.63) is 0 Å². The maximum absolute atomic E-state index is 9.85. The summed E-state index contributed by atoms with van der Waals surface area (Å²) in [5, 5.41) is 9.85. The third-order valence-electron chi connectivity index (χ3n) is 2.89. The molecular formula is C9H18O2. The standard InChI is InChI=1S/C9H18O2/c1-8(4-7-11-2)9(10)5-3-6-9/h8,10H,3-7H2,1-2H3. The Morgan fingerprint density at radius 1 is 1.55 bits per heavy atom. The fourth-order valence-electron chi connectivity index (χ4n) is 1.60. The van der Waals surface area contributed by atoms with Gasteiger partial charge in [-0.1, -0.05) is 6.92 Å². The fraction of sp³-hybridized carbons (Fsp3) is 1.00. The molecule has 1 aliphatic rings. The summed E-state index contributed by atoms with van der Waals surface area (Å²) in [6, 6.07) is 0. The summed E-state index contributed by atoms with van der Waals surface area (Å²) in [7, 11) is 1.71. The van der Waals surface area contributed by atoms with E-state index < -0.39 is 0 Å². The van der Waals surface area contributed by atoms with Gasteiger partial charge in [0.05, 0.1) is 5.60 Å². The Kier molecular flexibility index (Phi) is 2.90. The van der Waals surface area contributed by atoms with E-state index in [1.54, 1.807) is 7.11 Å². The lowest BCUT2D eigenvalue weighted by atomic mass is 9.71. The first-order chi connectivity index (χ1) is 5.19. The van der Waals surface area contributed by atoms with Gasteiger partial charge >= 0.3 is 0 Å². The molecule has 0 aliphatic heterocycles. The van der Waals surface area contributed by atoms with Crippen LogP contribution in [-0.4, -0.2) is 24.4 Å². The second-order valence-corrected chi connectivity index (χ2v) is 3.64. The number of ether oxygens (including phenoxy) is 1. The van der Waals surface area contributed by atoms with Gasteiger partial charge in [0.15, 0.2) is 0 Å². The number of hydrogen-bond donors (Lipinski definition) is 1. The van der Waals surface area contributed by atoms with Crippen LogP contribution in [0, 0.1) is 5.92 Å². The average Bonchev–Trinajstić information content (AvgIpc) is 1.95. The molecule has 1 aliphatic carbocycles. The molecule has 0 radical (unpaired) electrons. The first kappa shape index (κ1) is 9.01. The van der Waals surface area contributed by atoms with Crippen molar-refractivity contribution < 1.29 is 9.84 Å². The van der Waals surface area contributed by atoms with Gasteiger partial charge in [0.25, 0.3) is 0 Å². The molecule has 1 saturated carbocycles. The lowest BCUT2D eigenvalue weighted by Gasteiger charge is -2.41. The zero-order valence-electron chi connectivity index (χ0n) is 7.47. The Hall–Kier alpha value is -0.0800. The van der Waals surface area contributed by atoms with Gasteiger partial charge in [-0.3, -0.25) is 0 Å². The van der Waals surface area contributed by atoms with Crippen molar-refractivity contribution >= 4 is 0 Å². The van der Waals surface area contributed by atoms with Crippen molar-refractivity contribution in [3.63, 3.8) is 0 Å². The van der Waals surface area contributed by atoms with E-state index in [4.69, 9.17) is 4.74 Å². The summed E-state index contributed by atoms with van der Waals surface area (Å²) < 4.78 is 4.97.